The lowest BCUT2D eigenvalue weighted by Crippen LogP contribution is -2.47. The summed E-state index contributed by atoms with van der Waals surface area (Å²) >= 11 is 0. The van der Waals surface area contributed by atoms with E-state index in [1.807, 2.05) is 13.8 Å². The zero-order valence-corrected chi connectivity index (χ0v) is 12.0. The van der Waals surface area contributed by atoms with E-state index in [9.17, 15) is 18.0 Å². The molecule has 0 radical (unpaired) electrons. The number of nitrogens with two attached hydrogens (primary N) is 1. The third-order valence-corrected chi connectivity index (χ3v) is 3.06. The van der Waals surface area contributed by atoms with Crippen LogP contribution in [-0.2, 0) is 9.53 Å². The summed E-state index contributed by atoms with van der Waals surface area (Å²) in [5, 5.41) is 0. The van der Waals surface area contributed by atoms with Gasteiger partial charge < -0.3 is 10.5 Å². The number of carbonyl (C=O) groups excluding carboxylic acids is 1. The summed E-state index contributed by atoms with van der Waals surface area (Å²) in [6.07, 6.45) is -3.83. The van der Waals surface area contributed by atoms with Gasteiger partial charge in [0, 0.05) is 0 Å². The summed E-state index contributed by atoms with van der Waals surface area (Å²) in [7, 11) is 0. The van der Waals surface area contributed by atoms with Crippen LogP contribution >= 0.6 is 0 Å². The smallest absolute Gasteiger partial charge is 0.404 e. The molecule has 0 aliphatic carbocycles. The van der Waals surface area contributed by atoms with Gasteiger partial charge in [0.2, 0.25) is 0 Å². The zero-order chi connectivity index (χ0) is 15.2. The minimum atomic E-state index is -4.59. The molecule has 0 aliphatic rings. The molecule has 0 aliphatic heterocycles. The van der Waals surface area contributed by atoms with Gasteiger partial charge in [0.1, 0.15) is 6.04 Å². The number of carbonyl (C=O) groups is 1. The Bertz CT molecular complexity index is 280. The molecule has 0 bridgehead atoms. The molecule has 0 spiro atoms. The van der Waals surface area contributed by atoms with Crippen LogP contribution in [0.4, 0.5) is 13.2 Å². The van der Waals surface area contributed by atoms with Gasteiger partial charge in [-0.1, -0.05) is 27.2 Å². The van der Waals surface area contributed by atoms with Gasteiger partial charge in [-0.2, -0.15) is 13.2 Å². The lowest BCUT2D eigenvalue weighted by atomic mass is 9.91. The minimum Gasteiger partial charge on any atom is -0.462 e. The maximum absolute atomic E-state index is 12.7. The Hall–Kier alpha value is -0.780. The van der Waals surface area contributed by atoms with Gasteiger partial charge in [-0.25, -0.2) is 0 Å². The molecule has 0 saturated heterocycles. The number of halogens is 3. The summed E-state index contributed by atoms with van der Waals surface area (Å²) in [5.74, 6) is -1.96. The Kier molecular flexibility index (Phi) is 7.41. The molecule has 0 rings (SSSR count). The summed E-state index contributed by atoms with van der Waals surface area (Å²) in [6, 6.07) is -2.16. The fraction of sp³-hybridized carbons (Fsp3) is 0.923. The summed E-state index contributed by atoms with van der Waals surface area (Å²) in [4.78, 5) is 11.8. The quantitative estimate of drug-likeness (QED) is 0.730. The van der Waals surface area contributed by atoms with Gasteiger partial charge in [0.05, 0.1) is 12.0 Å². The van der Waals surface area contributed by atoms with E-state index in [1.54, 1.807) is 13.8 Å². The van der Waals surface area contributed by atoms with Crippen LogP contribution in [0.3, 0.4) is 0 Å². The van der Waals surface area contributed by atoms with Crippen molar-refractivity contribution in [2.24, 2.45) is 17.6 Å². The van der Waals surface area contributed by atoms with Crippen LogP contribution < -0.4 is 5.73 Å². The number of rotatable bonds is 7. The summed E-state index contributed by atoms with van der Waals surface area (Å²) in [6.45, 7) is 7.22. The SMILES string of the molecule is CCC(C)OC(=O)[C@@H](CCC(C)C)[C@H](N)C(F)(F)F. The van der Waals surface area contributed by atoms with Crippen molar-refractivity contribution in [3.05, 3.63) is 0 Å². The molecular formula is C13H24F3NO2. The first-order valence-corrected chi connectivity index (χ1v) is 6.62. The first-order valence-electron chi connectivity index (χ1n) is 6.62. The lowest BCUT2D eigenvalue weighted by molar-refractivity contribution is -0.179. The number of esters is 1. The maximum Gasteiger partial charge on any atom is 0.404 e. The highest BCUT2D eigenvalue weighted by Gasteiger charge is 2.45. The van der Waals surface area contributed by atoms with Gasteiger partial charge in [-0.15, -0.1) is 0 Å². The molecule has 6 heteroatoms. The molecule has 0 fully saturated rings. The van der Waals surface area contributed by atoms with Crippen LogP contribution in [0.1, 0.15) is 47.0 Å². The van der Waals surface area contributed by atoms with E-state index in [2.05, 4.69) is 0 Å². The number of alkyl halides is 3. The Morgan fingerprint density at radius 1 is 1.21 bits per heavy atom. The molecule has 0 aromatic carbocycles. The summed E-state index contributed by atoms with van der Waals surface area (Å²) in [5.41, 5.74) is 5.17. The lowest BCUT2D eigenvalue weighted by Gasteiger charge is -2.26. The van der Waals surface area contributed by atoms with E-state index in [4.69, 9.17) is 10.5 Å². The summed E-state index contributed by atoms with van der Waals surface area (Å²) < 4.78 is 43.0. The second-order valence-corrected chi connectivity index (χ2v) is 5.30. The van der Waals surface area contributed by atoms with Crippen LogP contribution in [0.15, 0.2) is 0 Å². The molecule has 3 atom stereocenters. The van der Waals surface area contributed by atoms with Crippen molar-refractivity contribution in [3.8, 4) is 0 Å². The predicted molar refractivity (Wildman–Crippen MR) is 67.4 cm³/mol. The van der Waals surface area contributed by atoms with Crippen molar-refractivity contribution in [1.29, 1.82) is 0 Å². The number of hydrogen-bond acceptors (Lipinski definition) is 3. The van der Waals surface area contributed by atoms with Crippen molar-refractivity contribution in [2.75, 3.05) is 0 Å². The van der Waals surface area contributed by atoms with Gasteiger partial charge in [-0.3, -0.25) is 4.79 Å². The highest BCUT2D eigenvalue weighted by atomic mass is 19.4. The largest absolute Gasteiger partial charge is 0.462 e. The first-order chi connectivity index (χ1) is 8.59. The minimum absolute atomic E-state index is 0.0909. The second kappa shape index (κ2) is 7.72. The number of hydrogen-bond donors (Lipinski definition) is 1. The monoisotopic (exact) mass is 283 g/mol. The van der Waals surface area contributed by atoms with Crippen molar-refractivity contribution in [1.82, 2.24) is 0 Å². The highest BCUT2D eigenvalue weighted by Crippen LogP contribution is 2.28. The van der Waals surface area contributed by atoms with Crippen molar-refractivity contribution < 1.29 is 22.7 Å². The predicted octanol–water partition coefficient (Wildman–Crippen LogP) is 3.27. The van der Waals surface area contributed by atoms with Gasteiger partial charge in [-0.05, 0) is 25.7 Å². The topological polar surface area (TPSA) is 52.3 Å². The Morgan fingerprint density at radius 3 is 2.11 bits per heavy atom. The molecule has 0 saturated carbocycles. The second-order valence-electron chi connectivity index (χ2n) is 5.30. The van der Waals surface area contributed by atoms with E-state index in [1.165, 1.54) is 0 Å². The Morgan fingerprint density at radius 2 is 1.74 bits per heavy atom. The van der Waals surface area contributed by atoms with Crippen LogP contribution in [0.25, 0.3) is 0 Å². The van der Waals surface area contributed by atoms with Gasteiger partial charge >= 0.3 is 12.1 Å². The van der Waals surface area contributed by atoms with Crippen molar-refractivity contribution >= 4 is 5.97 Å². The molecule has 114 valence electrons. The average molecular weight is 283 g/mol. The Balaban J connectivity index is 4.79. The van der Waals surface area contributed by atoms with Crippen molar-refractivity contribution in [2.45, 2.75) is 65.3 Å². The normalized spacial score (nSPS) is 17.1. The third kappa shape index (κ3) is 6.80. The fourth-order valence-corrected chi connectivity index (χ4v) is 1.55. The molecule has 19 heavy (non-hydrogen) atoms. The van der Waals surface area contributed by atoms with E-state index in [0.29, 0.717) is 12.8 Å². The van der Waals surface area contributed by atoms with Crippen LogP contribution in [-0.4, -0.2) is 24.3 Å². The maximum atomic E-state index is 12.7. The fourth-order valence-electron chi connectivity index (χ4n) is 1.55. The standard InChI is InChI=1S/C13H24F3NO2/c1-5-9(4)19-12(18)10(7-6-8(2)3)11(17)13(14,15)16/h8-11H,5-7,17H2,1-4H3/t9?,10-,11-/m0/s1. The molecule has 0 amide bonds. The average Bonchev–Trinajstić information content (AvgIpc) is 2.27. The molecular weight excluding hydrogens is 259 g/mol. The van der Waals surface area contributed by atoms with Crippen molar-refractivity contribution in [3.63, 3.8) is 0 Å². The highest BCUT2D eigenvalue weighted by molar-refractivity contribution is 5.73. The van der Waals surface area contributed by atoms with E-state index in [-0.39, 0.29) is 12.3 Å². The van der Waals surface area contributed by atoms with E-state index < -0.39 is 30.2 Å². The van der Waals surface area contributed by atoms with E-state index >= 15 is 0 Å². The van der Waals surface area contributed by atoms with E-state index in [0.717, 1.165) is 0 Å². The molecule has 3 nitrogen and oxygen atoms in total. The molecule has 2 N–H and O–H groups in total. The van der Waals surface area contributed by atoms with Crippen LogP contribution in [0.2, 0.25) is 0 Å². The molecule has 0 aromatic rings. The molecule has 0 aromatic heterocycles. The van der Waals surface area contributed by atoms with Crippen LogP contribution in [0.5, 0.6) is 0 Å². The van der Waals surface area contributed by atoms with Gasteiger partial charge in [0.25, 0.3) is 0 Å². The third-order valence-electron chi connectivity index (χ3n) is 3.06. The molecule has 0 heterocycles. The zero-order valence-electron chi connectivity index (χ0n) is 12.0. The van der Waals surface area contributed by atoms with Gasteiger partial charge in [0.15, 0.2) is 0 Å². The van der Waals surface area contributed by atoms with Crippen LogP contribution in [0, 0.1) is 11.8 Å². The molecule has 1 unspecified atom stereocenters. The first kappa shape index (κ1) is 18.2. The Labute approximate surface area is 112 Å². The number of ether oxygens (including phenoxy) is 1.